The number of pyridine rings is 1. The monoisotopic (exact) mass is 220 g/mol. The van der Waals surface area contributed by atoms with Crippen molar-refractivity contribution < 1.29 is 4.74 Å². The average Bonchev–Trinajstić information content (AvgIpc) is 2.66. The van der Waals surface area contributed by atoms with Gasteiger partial charge in [0, 0.05) is 30.4 Å². The Morgan fingerprint density at radius 1 is 1.38 bits per heavy atom. The summed E-state index contributed by atoms with van der Waals surface area (Å²) >= 11 is 0. The lowest BCUT2D eigenvalue weighted by Crippen LogP contribution is -2.40. The molecule has 0 aliphatic carbocycles. The molecule has 88 valence electrons. The normalized spacial score (nSPS) is 25.2. The Morgan fingerprint density at radius 2 is 2.12 bits per heavy atom. The summed E-state index contributed by atoms with van der Waals surface area (Å²) in [5.74, 6) is 0.588. The minimum atomic E-state index is 0.494. The zero-order chi connectivity index (χ0) is 11.4. The molecule has 0 amide bonds. The number of nitrogens with zero attached hydrogens (tertiary/aromatic N) is 1. The summed E-state index contributed by atoms with van der Waals surface area (Å²) in [4.78, 5) is 4.04. The molecule has 0 bridgehead atoms. The summed E-state index contributed by atoms with van der Waals surface area (Å²) in [6.07, 6.45) is 4.79. The number of ether oxygens (including phenoxy) is 1. The molecule has 1 aliphatic rings. The van der Waals surface area contributed by atoms with Crippen molar-refractivity contribution in [1.29, 1.82) is 0 Å². The Kier molecular flexibility index (Phi) is 3.91. The van der Waals surface area contributed by atoms with Gasteiger partial charge in [0.1, 0.15) is 0 Å². The molecule has 1 fully saturated rings. The first kappa shape index (κ1) is 11.6. The molecule has 0 saturated carbocycles. The zero-order valence-corrected chi connectivity index (χ0v) is 10.0. The van der Waals surface area contributed by atoms with E-state index in [2.05, 4.69) is 36.3 Å². The van der Waals surface area contributed by atoms with Crippen LogP contribution in [0.25, 0.3) is 0 Å². The summed E-state index contributed by atoms with van der Waals surface area (Å²) < 4.78 is 5.56. The van der Waals surface area contributed by atoms with Gasteiger partial charge >= 0.3 is 0 Å². The highest BCUT2D eigenvalue weighted by Crippen LogP contribution is 2.19. The van der Waals surface area contributed by atoms with Crippen molar-refractivity contribution in [3.63, 3.8) is 0 Å². The van der Waals surface area contributed by atoms with Crippen LogP contribution in [-0.4, -0.2) is 30.3 Å². The Morgan fingerprint density at radius 3 is 2.81 bits per heavy atom. The van der Waals surface area contributed by atoms with Crippen LogP contribution < -0.4 is 5.32 Å². The maximum atomic E-state index is 5.56. The molecule has 1 N–H and O–H groups in total. The highest BCUT2D eigenvalue weighted by molar-refractivity contribution is 5.11. The van der Waals surface area contributed by atoms with E-state index in [9.17, 15) is 0 Å². The third kappa shape index (κ3) is 3.03. The molecule has 0 spiro atoms. The second-order valence-electron chi connectivity index (χ2n) is 4.78. The fourth-order valence-corrected chi connectivity index (χ4v) is 2.23. The lowest BCUT2D eigenvalue weighted by Gasteiger charge is -2.21. The Labute approximate surface area is 97.2 Å². The third-order valence-electron chi connectivity index (χ3n) is 2.99. The molecule has 0 radical (unpaired) electrons. The van der Waals surface area contributed by atoms with Crippen molar-refractivity contribution >= 4 is 0 Å². The SMILES string of the molecule is CC(C)N[C@@H]1COC[C@H]1Cc1ccncc1. The second-order valence-corrected chi connectivity index (χ2v) is 4.78. The van der Waals surface area contributed by atoms with Crippen molar-refractivity contribution in [2.45, 2.75) is 32.4 Å². The van der Waals surface area contributed by atoms with Crippen LogP contribution in [-0.2, 0) is 11.2 Å². The average molecular weight is 220 g/mol. The number of hydrogen-bond donors (Lipinski definition) is 1. The van der Waals surface area contributed by atoms with Gasteiger partial charge in [0.2, 0.25) is 0 Å². The third-order valence-corrected chi connectivity index (χ3v) is 2.99. The van der Waals surface area contributed by atoms with E-state index >= 15 is 0 Å². The lowest BCUT2D eigenvalue weighted by atomic mass is 9.95. The summed E-state index contributed by atoms with van der Waals surface area (Å²) in [5, 5.41) is 3.57. The molecular weight excluding hydrogens is 200 g/mol. The predicted molar refractivity (Wildman–Crippen MR) is 64.3 cm³/mol. The molecule has 0 aromatic carbocycles. The van der Waals surface area contributed by atoms with Crippen LogP contribution >= 0.6 is 0 Å². The topological polar surface area (TPSA) is 34.1 Å². The molecule has 16 heavy (non-hydrogen) atoms. The molecule has 2 rings (SSSR count). The summed E-state index contributed by atoms with van der Waals surface area (Å²) in [6.45, 7) is 6.07. The number of rotatable bonds is 4. The van der Waals surface area contributed by atoms with E-state index in [4.69, 9.17) is 4.74 Å². The Hall–Kier alpha value is -0.930. The molecule has 1 saturated heterocycles. The van der Waals surface area contributed by atoms with Gasteiger partial charge < -0.3 is 10.1 Å². The van der Waals surface area contributed by atoms with Crippen LogP contribution in [0.5, 0.6) is 0 Å². The van der Waals surface area contributed by atoms with Crippen molar-refractivity contribution in [2.75, 3.05) is 13.2 Å². The van der Waals surface area contributed by atoms with E-state index in [1.54, 1.807) is 0 Å². The number of nitrogens with one attached hydrogen (secondary N) is 1. The first-order valence-electron chi connectivity index (χ1n) is 5.98. The van der Waals surface area contributed by atoms with Gasteiger partial charge in [0.15, 0.2) is 0 Å². The van der Waals surface area contributed by atoms with Crippen molar-refractivity contribution in [2.24, 2.45) is 5.92 Å². The van der Waals surface area contributed by atoms with Gasteiger partial charge in [-0.2, -0.15) is 0 Å². The Bertz CT molecular complexity index is 313. The van der Waals surface area contributed by atoms with Crippen molar-refractivity contribution in [3.8, 4) is 0 Å². The van der Waals surface area contributed by atoms with E-state index in [0.29, 0.717) is 18.0 Å². The van der Waals surface area contributed by atoms with E-state index in [1.165, 1.54) is 5.56 Å². The highest BCUT2D eigenvalue weighted by atomic mass is 16.5. The van der Waals surface area contributed by atoms with Crippen molar-refractivity contribution in [1.82, 2.24) is 10.3 Å². The van der Waals surface area contributed by atoms with Crippen LogP contribution in [0.3, 0.4) is 0 Å². The second kappa shape index (κ2) is 5.41. The van der Waals surface area contributed by atoms with Gasteiger partial charge in [0.05, 0.1) is 13.2 Å². The minimum Gasteiger partial charge on any atom is -0.379 e. The summed E-state index contributed by atoms with van der Waals surface area (Å²) in [7, 11) is 0. The maximum Gasteiger partial charge on any atom is 0.0623 e. The molecule has 3 heteroatoms. The summed E-state index contributed by atoms with van der Waals surface area (Å²) in [6, 6.07) is 5.19. The largest absolute Gasteiger partial charge is 0.379 e. The molecule has 1 aliphatic heterocycles. The standard InChI is InChI=1S/C13H20N2O/c1-10(2)15-13-9-16-8-12(13)7-11-3-5-14-6-4-11/h3-6,10,12-13,15H,7-9H2,1-2H3/t12-,13-/m1/s1. The van der Waals surface area contributed by atoms with Crippen molar-refractivity contribution in [3.05, 3.63) is 30.1 Å². The van der Waals surface area contributed by atoms with E-state index in [0.717, 1.165) is 19.6 Å². The van der Waals surface area contributed by atoms with Gasteiger partial charge in [-0.05, 0) is 24.1 Å². The quantitative estimate of drug-likeness (QED) is 0.837. The van der Waals surface area contributed by atoms with Crippen LogP contribution in [0.15, 0.2) is 24.5 Å². The van der Waals surface area contributed by atoms with Gasteiger partial charge in [-0.3, -0.25) is 4.98 Å². The fourth-order valence-electron chi connectivity index (χ4n) is 2.23. The smallest absolute Gasteiger partial charge is 0.0623 e. The predicted octanol–water partition coefficient (Wildman–Crippen LogP) is 1.64. The first-order chi connectivity index (χ1) is 7.75. The molecule has 1 aromatic rings. The lowest BCUT2D eigenvalue weighted by molar-refractivity contribution is 0.182. The first-order valence-corrected chi connectivity index (χ1v) is 5.98. The molecule has 1 aromatic heterocycles. The van der Waals surface area contributed by atoms with Gasteiger partial charge in [-0.25, -0.2) is 0 Å². The maximum absolute atomic E-state index is 5.56. The van der Waals surface area contributed by atoms with E-state index in [-0.39, 0.29) is 0 Å². The van der Waals surface area contributed by atoms with E-state index < -0.39 is 0 Å². The van der Waals surface area contributed by atoms with Gasteiger partial charge in [0.25, 0.3) is 0 Å². The highest BCUT2D eigenvalue weighted by Gasteiger charge is 2.28. The van der Waals surface area contributed by atoms with Gasteiger partial charge in [-0.15, -0.1) is 0 Å². The van der Waals surface area contributed by atoms with Gasteiger partial charge in [-0.1, -0.05) is 13.8 Å². The molecule has 3 nitrogen and oxygen atoms in total. The van der Waals surface area contributed by atoms with Crippen LogP contribution in [0.2, 0.25) is 0 Å². The number of aromatic nitrogens is 1. The minimum absolute atomic E-state index is 0.494. The molecular formula is C13H20N2O. The zero-order valence-electron chi connectivity index (χ0n) is 10.0. The summed E-state index contributed by atoms with van der Waals surface area (Å²) in [5.41, 5.74) is 1.35. The Balaban J connectivity index is 1.93. The fraction of sp³-hybridized carbons (Fsp3) is 0.615. The van der Waals surface area contributed by atoms with Crippen LogP contribution in [0.4, 0.5) is 0 Å². The number of hydrogen-bond acceptors (Lipinski definition) is 3. The molecule has 2 heterocycles. The van der Waals surface area contributed by atoms with E-state index in [1.807, 2.05) is 12.4 Å². The van der Waals surface area contributed by atoms with Crippen LogP contribution in [0, 0.1) is 5.92 Å². The molecule has 0 unspecified atom stereocenters. The molecule has 2 atom stereocenters. The van der Waals surface area contributed by atoms with Crippen LogP contribution in [0.1, 0.15) is 19.4 Å².